The average Bonchev–Trinajstić information content (AvgIpc) is 2.76. The number of ether oxygens (including phenoxy) is 1. The minimum absolute atomic E-state index is 0.0167. The van der Waals surface area contributed by atoms with E-state index in [1.807, 2.05) is 6.92 Å². The van der Waals surface area contributed by atoms with Crippen LogP contribution in [0.5, 0.6) is 0 Å². The van der Waals surface area contributed by atoms with Crippen LogP contribution in [-0.4, -0.2) is 22.8 Å². The van der Waals surface area contributed by atoms with Gasteiger partial charge in [-0.1, -0.05) is 6.92 Å². The van der Waals surface area contributed by atoms with Crippen LogP contribution < -0.4 is 5.43 Å². The fourth-order valence-corrected chi connectivity index (χ4v) is 6.00. The molecule has 3 aliphatic carbocycles. The second kappa shape index (κ2) is 3.86. The molecule has 1 spiro atoms. The molecule has 23 heavy (non-hydrogen) atoms. The van der Waals surface area contributed by atoms with E-state index in [1.165, 1.54) is 0 Å². The van der Waals surface area contributed by atoms with Gasteiger partial charge in [0.1, 0.15) is 11.7 Å². The van der Waals surface area contributed by atoms with Crippen molar-refractivity contribution < 1.29 is 14.6 Å². The molecule has 2 saturated heterocycles. The third-order valence-electron chi connectivity index (χ3n) is 7.03. The van der Waals surface area contributed by atoms with Crippen molar-refractivity contribution >= 4 is 5.97 Å². The quantitative estimate of drug-likeness (QED) is 0.740. The second-order valence-corrected chi connectivity index (χ2v) is 7.96. The van der Waals surface area contributed by atoms with Gasteiger partial charge in [0.2, 0.25) is 0 Å². The summed E-state index contributed by atoms with van der Waals surface area (Å²) >= 11 is 0. The van der Waals surface area contributed by atoms with Crippen molar-refractivity contribution in [3.63, 3.8) is 0 Å². The van der Waals surface area contributed by atoms with E-state index in [4.69, 9.17) is 4.74 Å². The molecule has 3 fully saturated rings. The molecule has 1 N–H and O–H groups in total. The smallest absolute Gasteiger partial charge is 0.313 e. The number of aryl methyl sites for hydroxylation is 2. The largest absolute Gasteiger partial charge is 0.459 e. The maximum Gasteiger partial charge on any atom is 0.313 e. The summed E-state index contributed by atoms with van der Waals surface area (Å²) < 4.78 is 5.66. The van der Waals surface area contributed by atoms with Gasteiger partial charge in [0.25, 0.3) is 0 Å². The van der Waals surface area contributed by atoms with E-state index in [-0.39, 0.29) is 23.2 Å². The molecule has 0 aromatic heterocycles. The highest BCUT2D eigenvalue weighted by atomic mass is 16.6. The van der Waals surface area contributed by atoms with Crippen molar-refractivity contribution in [2.45, 2.75) is 57.2 Å². The SMILES string of the molecule is Cc1cc(=O)cc2c3c1CC1(O)C4CC(C)C(CC2)(C(=O)O4)C31. The van der Waals surface area contributed by atoms with Crippen molar-refractivity contribution in [3.8, 4) is 0 Å². The topological polar surface area (TPSA) is 63.6 Å². The van der Waals surface area contributed by atoms with Crippen LogP contribution in [0, 0.1) is 18.3 Å². The zero-order valence-corrected chi connectivity index (χ0v) is 13.4. The molecule has 5 unspecified atom stereocenters. The number of hydrogen-bond acceptors (Lipinski definition) is 4. The van der Waals surface area contributed by atoms with Crippen LogP contribution in [0.2, 0.25) is 0 Å². The van der Waals surface area contributed by atoms with Gasteiger partial charge in [0, 0.05) is 12.3 Å². The van der Waals surface area contributed by atoms with Gasteiger partial charge in [0.05, 0.1) is 5.41 Å². The number of esters is 1. The molecule has 0 amide bonds. The average molecular weight is 312 g/mol. The highest BCUT2D eigenvalue weighted by Gasteiger charge is 2.73. The Labute approximate surface area is 134 Å². The Bertz CT molecular complexity index is 829. The Morgan fingerprint density at radius 1 is 1.30 bits per heavy atom. The summed E-state index contributed by atoms with van der Waals surface area (Å²) in [6.45, 7) is 4.05. The van der Waals surface area contributed by atoms with Crippen molar-refractivity contribution in [1.29, 1.82) is 0 Å². The molecule has 0 radical (unpaired) electrons. The van der Waals surface area contributed by atoms with E-state index in [0.29, 0.717) is 19.3 Å². The summed E-state index contributed by atoms with van der Waals surface area (Å²) in [5.74, 6) is -0.147. The number of carbonyl (C=O) groups is 1. The van der Waals surface area contributed by atoms with E-state index in [2.05, 4.69) is 6.92 Å². The van der Waals surface area contributed by atoms with Gasteiger partial charge in [-0.25, -0.2) is 0 Å². The summed E-state index contributed by atoms with van der Waals surface area (Å²) in [5.41, 5.74) is 2.49. The normalized spacial score (nSPS) is 42.4. The fourth-order valence-electron chi connectivity index (χ4n) is 6.00. The zero-order chi connectivity index (χ0) is 16.1. The minimum Gasteiger partial charge on any atom is -0.459 e. The number of aliphatic hydroxyl groups is 1. The molecule has 1 saturated carbocycles. The lowest BCUT2D eigenvalue weighted by Gasteiger charge is -2.60. The Morgan fingerprint density at radius 2 is 2.09 bits per heavy atom. The van der Waals surface area contributed by atoms with E-state index < -0.39 is 17.1 Å². The first kappa shape index (κ1) is 13.7. The van der Waals surface area contributed by atoms with Gasteiger partial charge in [0.15, 0.2) is 5.43 Å². The summed E-state index contributed by atoms with van der Waals surface area (Å²) in [6, 6.07) is 3.37. The Balaban J connectivity index is 1.90. The standard InChI is InChI=1S/C19H20O4/c1-9-5-12(20)7-11-3-4-18-10(2)6-14(23-17(18)21)19(22)8-13(9)15(11)16(18)19/h5,7,10,14,16,22H,3-4,6,8H2,1-2H3. The molecule has 2 heterocycles. The second-order valence-electron chi connectivity index (χ2n) is 7.96. The molecule has 1 aromatic carbocycles. The first-order chi connectivity index (χ1) is 10.9. The van der Waals surface area contributed by atoms with Crippen LogP contribution >= 0.6 is 0 Å². The number of carbonyl (C=O) groups excluding carboxylic acids is 1. The lowest BCUT2D eigenvalue weighted by atomic mass is 9.48. The van der Waals surface area contributed by atoms with E-state index in [9.17, 15) is 14.7 Å². The van der Waals surface area contributed by atoms with Crippen LogP contribution in [0.1, 0.15) is 47.9 Å². The number of rotatable bonds is 0. The first-order valence-electron chi connectivity index (χ1n) is 8.48. The minimum atomic E-state index is -1.000. The number of hydrogen-bond donors (Lipinski definition) is 1. The number of fused-ring (bicyclic) bond motifs is 2. The van der Waals surface area contributed by atoms with Crippen LogP contribution in [-0.2, 0) is 22.4 Å². The lowest BCUT2D eigenvalue weighted by Crippen LogP contribution is -2.69. The van der Waals surface area contributed by atoms with Crippen LogP contribution in [0.15, 0.2) is 16.9 Å². The third kappa shape index (κ3) is 1.34. The predicted octanol–water partition coefficient (Wildman–Crippen LogP) is 1.62. The molecule has 5 atom stereocenters. The summed E-state index contributed by atoms with van der Waals surface area (Å²) in [4.78, 5) is 24.9. The summed E-state index contributed by atoms with van der Waals surface area (Å²) in [5, 5.41) is 11.5. The van der Waals surface area contributed by atoms with Gasteiger partial charge in [-0.05, 0) is 66.5 Å². The summed E-state index contributed by atoms with van der Waals surface area (Å²) in [6.07, 6.45) is 2.18. The molecule has 120 valence electrons. The molecule has 4 nitrogen and oxygen atoms in total. The van der Waals surface area contributed by atoms with Crippen LogP contribution in [0.3, 0.4) is 0 Å². The van der Waals surface area contributed by atoms with E-state index in [0.717, 1.165) is 28.7 Å². The van der Waals surface area contributed by atoms with Gasteiger partial charge < -0.3 is 9.84 Å². The molecular weight excluding hydrogens is 292 g/mol. The zero-order valence-electron chi connectivity index (χ0n) is 13.4. The maximum absolute atomic E-state index is 12.8. The molecular formula is C19H20O4. The van der Waals surface area contributed by atoms with Crippen molar-refractivity contribution in [3.05, 3.63) is 44.6 Å². The lowest BCUT2D eigenvalue weighted by molar-refractivity contribution is -0.246. The molecule has 6 rings (SSSR count). The summed E-state index contributed by atoms with van der Waals surface area (Å²) in [7, 11) is 0. The van der Waals surface area contributed by atoms with Crippen LogP contribution in [0.4, 0.5) is 0 Å². The monoisotopic (exact) mass is 312 g/mol. The molecule has 2 bridgehead atoms. The van der Waals surface area contributed by atoms with Crippen molar-refractivity contribution in [1.82, 2.24) is 0 Å². The van der Waals surface area contributed by atoms with Gasteiger partial charge in [-0.2, -0.15) is 0 Å². The predicted molar refractivity (Wildman–Crippen MR) is 83.3 cm³/mol. The Morgan fingerprint density at radius 3 is 2.83 bits per heavy atom. The van der Waals surface area contributed by atoms with Crippen molar-refractivity contribution in [2.24, 2.45) is 11.3 Å². The Hall–Kier alpha value is -1.68. The highest BCUT2D eigenvalue weighted by molar-refractivity contribution is 5.83. The Kier molecular flexibility index (Phi) is 2.31. The van der Waals surface area contributed by atoms with Gasteiger partial charge in [-0.15, -0.1) is 0 Å². The van der Waals surface area contributed by atoms with E-state index in [1.54, 1.807) is 12.1 Å². The first-order valence-corrected chi connectivity index (χ1v) is 8.48. The molecule has 2 aliphatic heterocycles. The van der Waals surface area contributed by atoms with Crippen molar-refractivity contribution in [2.75, 3.05) is 0 Å². The molecule has 5 aliphatic rings. The van der Waals surface area contributed by atoms with Gasteiger partial charge in [-0.3, -0.25) is 9.59 Å². The highest BCUT2D eigenvalue weighted by Crippen LogP contribution is 2.68. The molecule has 1 aromatic rings. The van der Waals surface area contributed by atoms with Crippen LogP contribution in [0.25, 0.3) is 0 Å². The maximum atomic E-state index is 12.8. The third-order valence-corrected chi connectivity index (χ3v) is 7.03. The van der Waals surface area contributed by atoms with E-state index >= 15 is 0 Å². The van der Waals surface area contributed by atoms with Gasteiger partial charge >= 0.3 is 5.97 Å². The molecule has 4 heteroatoms. The fraction of sp³-hybridized carbons (Fsp3) is 0.579.